The minimum absolute atomic E-state index is 0.132. The molecule has 1 amide bonds. The largest absolute Gasteiger partial charge is 0.379 e. The topological polar surface area (TPSA) is 50.8 Å². The first-order valence-electron chi connectivity index (χ1n) is 8.56. The lowest BCUT2D eigenvalue weighted by molar-refractivity contribution is -0.127. The number of carbonyl (C=O) groups excluding carboxylic acids is 1. The zero-order chi connectivity index (χ0) is 16.5. The average Bonchev–Trinajstić information content (AvgIpc) is 2.60. The molecule has 1 fully saturated rings. The van der Waals surface area contributed by atoms with E-state index in [1.165, 1.54) is 24.9 Å². The number of carbonyl (C=O) groups is 1. The van der Waals surface area contributed by atoms with E-state index in [0.717, 1.165) is 18.8 Å². The summed E-state index contributed by atoms with van der Waals surface area (Å²) in [5, 5.41) is 2.89. The van der Waals surface area contributed by atoms with Crippen LogP contribution in [0.15, 0.2) is 24.3 Å². The summed E-state index contributed by atoms with van der Waals surface area (Å²) < 4.78 is 10.6. The van der Waals surface area contributed by atoms with Gasteiger partial charge in [-0.05, 0) is 57.4 Å². The Balaban J connectivity index is 1.79. The van der Waals surface area contributed by atoms with Gasteiger partial charge in [0.15, 0.2) is 0 Å². The smallest absolute Gasteiger partial charge is 0.253 e. The maximum atomic E-state index is 12.1. The number of amides is 1. The highest BCUT2D eigenvalue weighted by atomic mass is 16.5. The van der Waals surface area contributed by atoms with Crippen LogP contribution in [0, 0.1) is 0 Å². The molecule has 1 unspecified atom stereocenters. The minimum Gasteiger partial charge on any atom is -0.379 e. The van der Waals surface area contributed by atoms with Gasteiger partial charge in [-0.15, -0.1) is 0 Å². The van der Waals surface area contributed by atoms with E-state index in [9.17, 15) is 4.79 Å². The van der Waals surface area contributed by atoms with Crippen molar-refractivity contribution in [3.05, 3.63) is 24.3 Å². The Morgan fingerprint density at radius 3 is 2.52 bits per heavy atom. The summed E-state index contributed by atoms with van der Waals surface area (Å²) in [7, 11) is 0. The highest BCUT2D eigenvalue weighted by molar-refractivity contribution is 5.94. The van der Waals surface area contributed by atoms with Crippen LogP contribution in [-0.4, -0.2) is 44.9 Å². The van der Waals surface area contributed by atoms with Gasteiger partial charge in [0.2, 0.25) is 0 Å². The second-order valence-electron chi connectivity index (χ2n) is 5.79. The van der Waals surface area contributed by atoms with Gasteiger partial charge in [0.25, 0.3) is 5.91 Å². The van der Waals surface area contributed by atoms with Crippen LogP contribution in [-0.2, 0) is 14.3 Å². The molecule has 0 spiro atoms. The number of nitrogens with one attached hydrogen (secondary N) is 1. The SMILES string of the molecule is CCOCCOC(C)C(=O)Nc1ccc(N2CCCCC2)cc1. The lowest BCUT2D eigenvalue weighted by Crippen LogP contribution is -2.30. The number of ether oxygens (including phenoxy) is 2. The molecule has 0 bridgehead atoms. The standard InChI is InChI=1S/C18H28N2O3/c1-3-22-13-14-23-15(2)18(21)19-16-7-9-17(10-8-16)20-11-5-4-6-12-20/h7-10,15H,3-6,11-14H2,1-2H3,(H,19,21). The Morgan fingerprint density at radius 2 is 1.87 bits per heavy atom. The number of anilines is 2. The first-order chi connectivity index (χ1) is 11.2. The second kappa shape index (κ2) is 9.53. The summed E-state index contributed by atoms with van der Waals surface area (Å²) >= 11 is 0. The normalized spacial score (nSPS) is 16.2. The minimum atomic E-state index is -0.489. The van der Waals surface area contributed by atoms with Crippen molar-refractivity contribution in [3.8, 4) is 0 Å². The molecule has 23 heavy (non-hydrogen) atoms. The number of piperidine rings is 1. The van der Waals surface area contributed by atoms with Crippen molar-refractivity contribution < 1.29 is 14.3 Å². The van der Waals surface area contributed by atoms with Crippen LogP contribution in [0.3, 0.4) is 0 Å². The molecule has 5 nitrogen and oxygen atoms in total. The van der Waals surface area contributed by atoms with Crippen molar-refractivity contribution >= 4 is 17.3 Å². The molecule has 2 rings (SSSR count). The van der Waals surface area contributed by atoms with Gasteiger partial charge in [0.1, 0.15) is 6.10 Å². The lowest BCUT2D eigenvalue weighted by Gasteiger charge is -2.28. The molecular formula is C18H28N2O3. The summed E-state index contributed by atoms with van der Waals surface area (Å²) in [5.41, 5.74) is 2.03. The van der Waals surface area contributed by atoms with Gasteiger partial charge in [-0.1, -0.05) is 0 Å². The average molecular weight is 320 g/mol. The van der Waals surface area contributed by atoms with Crippen molar-refractivity contribution in [2.24, 2.45) is 0 Å². The first-order valence-corrected chi connectivity index (χ1v) is 8.56. The van der Waals surface area contributed by atoms with Gasteiger partial charge in [-0.25, -0.2) is 0 Å². The quantitative estimate of drug-likeness (QED) is 0.748. The Morgan fingerprint density at radius 1 is 1.17 bits per heavy atom. The molecule has 1 aliphatic rings. The molecule has 1 aliphatic heterocycles. The van der Waals surface area contributed by atoms with Crippen LogP contribution >= 0.6 is 0 Å². The molecule has 1 aromatic rings. The van der Waals surface area contributed by atoms with Crippen LogP contribution in [0.5, 0.6) is 0 Å². The molecule has 0 aromatic heterocycles. The van der Waals surface area contributed by atoms with Crippen LogP contribution in [0.1, 0.15) is 33.1 Å². The van der Waals surface area contributed by atoms with Crippen molar-refractivity contribution in [2.45, 2.75) is 39.2 Å². The molecule has 0 aliphatic carbocycles. The Kier molecular flexibility index (Phi) is 7.36. The maximum Gasteiger partial charge on any atom is 0.253 e. The monoisotopic (exact) mass is 320 g/mol. The summed E-state index contributed by atoms with van der Waals surface area (Å²) in [6.45, 7) is 7.53. The van der Waals surface area contributed by atoms with Crippen molar-refractivity contribution in [3.63, 3.8) is 0 Å². The van der Waals surface area contributed by atoms with E-state index in [2.05, 4.69) is 22.3 Å². The molecular weight excluding hydrogens is 292 g/mol. The van der Waals surface area contributed by atoms with Gasteiger partial charge in [-0.2, -0.15) is 0 Å². The van der Waals surface area contributed by atoms with E-state index in [1.54, 1.807) is 6.92 Å². The zero-order valence-electron chi connectivity index (χ0n) is 14.2. The van der Waals surface area contributed by atoms with E-state index in [-0.39, 0.29) is 5.91 Å². The molecule has 1 heterocycles. The van der Waals surface area contributed by atoms with Crippen molar-refractivity contribution in [1.82, 2.24) is 0 Å². The molecule has 1 N–H and O–H groups in total. The first kappa shape index (κ1) is 17.8. The molecule has 1 atom stereocenters. The number of hydrogen-bond donors (Lipinski definition) is 1. The summed E-state index contributed by atoms with van der Waals surface area (Å²) in [6, 6.07) is 8.05. The zero-order valence-corrected chi connectivity index (χ0v) is 14.2. The fourth-order valence-electron chi connectivity index (χ4n) is 2.66. The highest BCUT2D eigenvalue weighted by Gasteiger charge is 2.14. The fraction of sp³-hybridized carbons (Fsp3) is 0.611. The number of benzene rings is 1. The molecule has 1 saturated heterocycles. The van der Waals surface area contributed by atoms with Gasteiger partial charge >= 0.3 is 0 Å². The van der Waals surface area contributed by atoms with Crippen molar-refractivity contribution in [2.75, 3.05) is 43.1 Å². The summed E-state index contributed by atoms with van der Waals surface area (Å²) in [6.07, 6.45) is 3.35. The van der Waals surface area contributed by atoms with Gasteiger partial charge in [-0.3, -0.25) is 4.79 Å². The van der Waals surface area contributed by atoms with E-state index in [4.69, 9.17) is 9.47 Å². The van der Waals surface area contributed by atoms with E-state index < -0.39 is 6.10 Å². The van der Waals surface area contributed by atoms with Crippen molar-refractivity contribution in [1.29, 1.82) is 0 Å². The van der Waals surface area contributed by atoms with E-state index in [0.29, 0.717) is 19.8 Å². The van der Waals surface area contributed by atoms with Crippen LogP contribution < -0.4 is 10.2 Å². The number of hydrogen-bond acceptors (Lipinski definition) is 4. The Hall–Kier alpha value is -1.59. The number of rotatable bonds is 8. The second-order valence-corrected chi connectivity index (χ2v) is 5.79. The third-order valence-electron chi connectivity index (χ3n) is 4.02. The van der Waals surface area contributed by atoms with Gasteiger partial charge < -0.3 is 19.7 Å². The van der Waals surface area contributed by atoms with E-state index in [1.807, 2.05) is 19.1 Å². The Bertz CT molecular complexity index is 470. The fourth-order valence-corrected chi connectivity index (χ4v) is 2.66. The van der Waals surface area contributed by atoms with E-state index >= 15 is 0 Å². The highest BCUT2D eigenvalue weighted by Crippen LogP contribution is 2.21. The number of nitrogens with zero attached hydrogens (tertiary/aromatic N) is 1. The van der Waals surface area contributed by atoms with Crippen LogP contribution in [0.2, 0.25) is 0 Å². The Labute approximate surface area is 139 Å². The van der Waals surface area contributed by atoms with Gasteiger partial charge in [0.05, 0.1) is 13.2 Å². The molecule has 128 valence electrons. The van der Waals surface area contributed by atoms with Crippen LogP contribution in [0.4, 0.5) is 11.4 Å². The molecule has 0 saturated carbocycles. The lowest BCUT2D eigenvalue weighted by atomic mass is 10.1. The maximum absolute atomic E-state index is 12.1. The van der Waals surface area contributed by atoms with Gasteiger partial charge in [0, 0.05) is 31.1 Å². The third-order valence-corrected chi connectivity index (χ3v) is 4.02. The molecule has 0 radical (unpaired) electrons. The summed E-state index contributed by atoms with van der Waals surface area (Å²) in [5.74, 6) is -0.132. The predicted octanol–water partition coefficient (Wildman–Crippen LogP) is 3.06. The third kappa shape index (κ3) is 5.84. The molecule has 5 heteroatoms. The molecule has 1 aromatic carbocycles. The van der Waals surface area contributed by atoms with Crippen LogP contribution in [0.25, 0.3) is 0 Å². The summed E-state index contributed by atoms with van der Waals surface area (Å²) in [4.78, 5) is 14.5. The predicted molar refractivity (Wildman–Crippen MR) is 93.0 cm³/mol.